The van der Waals surface area contributed by atoms with Crippen LogP contribution in [0.1, 0.15) is 27.2 Å². The number of carbonyl (C=O) groups excluding carboxylic acids is 1. The van der Waals surface area contributed by atoms with Crippen LogP contribution in [0, 0.1) is 15.5 Å². The maximum absolute atomic E-state index is 12.2. The van der Waals surface area contributed by atoms with E-state index in [2.05, 4.69) is 36.4 Å². The van der Waals surface area contributed by atoms with E-state index in [1.165, 1.54) is 26.4 Å². The lowest BCUT2D eigenvalue weighted by molar-refractivity contribution is -0.384. The first-order chi connectivity index (χ1) is 16.1. The van der Waals surface area contributed by atoms with Crippen LogP contribution in [-0.2, 0) is 0 Å². The zero-order valence-electron chi connectivity index (χ0n) is 19.8. The number of anilines is 1. The Bertz CT molecular complexity index is 1210. The van der Waals surface area contributed by atoms with Gasteiger partial charge in [-0.05, 0) is 36.1 Å². The number of nitro groups is 1. The fourth-order valence-electron chi connectivity index (χ4n) is 3.21. The number of nitrogens with one attached hydrogen (secondary N) is 2. The highest BCUT2D eigenvalue weighted by atomic mass is 16.6. The number of carbonyl (C=O) groups is 1. The molecule has 2 aromatic carbocycles. The molecular weight excluding hydrogens is 440 g/mol. The molecule has 0 bridgehead atoms. The number of ether oxygens (including phenoxy) is 3. The van der Waals surface area contributed by atoms with Crippen molar-refractivity contribution in [1.29, 1.82) is 0 Å². The predicted molar refractivity (Wildman–Crippen MR) is 129 cm³/mol. The molecule has 3 aromatic rings. The lowest BCUT2D eigenvalue weighted by atomic mass is 9.92. The van der Waals surface area contributed by atoms with E-state index in [-0.39, 0.29) is 22.5 Å². The van der Waals surface area contributed by atoms with Crippen molar-refractivity contribution in [1.82, 2.24) is 10.3 Å². The van der Waals surface area contributed by atoms with Gasteiger partial charge >= 0.3 is 6.03 Å². The second kappa shape index (κ2) is 10.2. The summed E-state index contributed by atoms with van der Waals surface area (Å²) in [5.41, 5.74) is 0.442. The molecule has 180 valence electrons. The topological polar surface area (TPSA) is 125 Å². The van der Waals surface area contributed by atoms with Crippen molar-refractivity contribution in [2.24, 2.45) is 5.41 Å². The molecule has 10 nitrogen and oxygen atoms in total. The fourth-order valence-corrected chi connectivity index (χ4v) is 3.21. The van der Waals surface area contributed by atoms with Crippen LogP contribution in [0.5, 0.6) is 23.0 Å². The molecule has 2 N–H and O–H groups in total. The number of methoxy groups -OCH3 is 2. The van der Waals surface area contributed by atoms with Crippen LogP contribution in [0.2, 0.25) is 0 Å². The Morgan fingerprint density at radius 2 is 1.76 bits per heavy atom. The summed E-state index contributed by atoms with van der Waals surface area (Å²) >= 11 is 0. The minimum Gasteiger partial charge on any atom is -0.493 e. The maximum Gasteiger partial charge on any atom is 0.319 e. The highest BCUT2D eigenvalue weighted by molar-refractivity contribution is 5.92. The van der Waals surface area contributed by atoms with E-state index in [1.807, 2.05) is 0 Å². The van der Waals surface area contributed by atoms with Gasteiger partial charge in [0.05, 0.1) is 30.7 Å². The van der Waals surface area contributed by atoms with Crippen molar-refractivity contribution in [2.75, 3.05) is 26.1 Å². The zero-order valence-corrected chi connectivity index (χ0v) is 19.8. The normalized spacial score (nSPS) is 11.1. The van der Waals surface area contributed by atoms with Gasteiger partial charge in [-0.3, -0.25) is 15.1 Å². The maximum atomic E-state index is 12.2. The number of nitro benzene ring substituents is 1. The summed E-state index contributed by atoms with van der Waals surface area (Å²) in [6.07, 6.45) is 2.34. The van der Waals surface area contributed by atoms with Crippen LogP contribution < -0.4 is 24.8 Å². The Morgan fingerprint density at radius 3 is 2.41 bits per heavy atom. The van der Waals surface area contributed by atoms with E-state index in [4.69, 9.17) is 14.2 Å². The number of fused-ring (bicyclic) bond motifs is 1. The summed E-state index contributed by atoms with van der Waals surface area (Å²) in [4.78, 5) is 27.6. The first-order valence-electron chi connectivity index (χ1n) is 10.6. The van der Waals surface area contributed by atoms with Gasteiger partial charge in [0.1, 0.15) is 17.2 Å². The summed E-state index contributed by atoms with van der Waals surface area (Å²) < 4.78 is 16.6. The quantitative estimate of drug-likeness (QED) is 0.330. The average molecular weight is 469 g/mol. The monoisotopic (exact) mass is 468 g/mol. The molecule has 0 radical (unpaired) electrons. The lowest BCUT2D eigenvalue weighted by Crippen LogP contribution is -2.31. The third-order valence-electron chi connectivity index (χ3n) is 5.01. The summed E-state index contributed by atoms with van der Waals surface area (Å²) in [6, 6.07) is 8.82. The van der Waals surface area contributed by atoms with E-state index < -0.39 is 11.0 Å². The van der Waals surface area contributed by atoms with Gasteiger partial charge in [0.2, 0.25) is 0 Å². The molecule has 2 amide bonds. The van der Waals surface area contributed by atoms with E-state index in [1.54, 1.807) is 30.5 Å². The molecule has 0 saturated heterocycles. The minimum atomic E-state index is -0.573. The molecule has 34 heavy (non-hydrogen) atoms. The highest BCUT2D eigenvalue weighted by Crippen LogP contribution is 2.38. The second-order valence-electron chi connectivity index (χ2n) is 8.76. The zero-order chi connectivity index (χ0) is 24.9. The van der Waals surface area contributed by atoms with Crippen LogP contribution >= 0.6 is 0 Å². The van der Waals surface area contributed by atoms with Gasteiger partial charge in [-0.2, -0.15) is 0 Å². The van der Waals surface area contributed by atoms with E-state index in [0.29, 0.717) is 34.7 Å². The van der Waals surface area contributed by atoms with Crippen molar-refractivity contribution >= 4 is 28.3 Å². The molecule has 0 unspecified atom stereocenters. The third-order valence-corrected chi connectivity index (χ3v) is 5.01. The highest BCUT2D eigenvalue weighted by Gasteiger charge is 2.19. The smallest absolute Gasteiger partial charge is 0.319 e. The number of rotatable bonds is 8. The molecule has 0 aliphatic heterocycles. The molecular formula is C24H28N4O6. The van der Waals surface area contributed by atoms with Crippen molar-refractivity contribution < 1.29 is 23.9 Å². The summed E-state index contributed by atoms with van der Waals surface area (Å²) in [6.45, 7) is 6.64. The van der Waals surface area contributed by atoms with Gasteiger partial charge in [0.15, 0.2) is 11.5 Å². The first kappa shape index (κ1) is 24.6. The van der Waals surface area contributed by atoms with Gasteiger partial charge in [0, 0.05) is 24.2 Å². The summed E-state index contributed by atoms with van der Waals surface area (Å²) in [5, 5.41) is 17.6. The number of hydrogen-bond donors (Lipinski definition) is 2. The van der Waals surface area contributed by atoms with Crippen molar-refractivity contribution in [3.63, 3.8) is 0 Å². The average Bonchev–Trinajstić information content (AvgIpc) is 2.78. The number of urea groups is 1. The SMILES string of the molecule is COc1cc2nccc(Oc3ccc(NC(=O)NCCC(C)(C)C)c([N+](=O)[O-])c3)c2cc1OC. The third kappa shape index (κ3) is 6.03. The fraction of sp³-hybridized carbons (Fsp3) is 0.333. The lowest BCUT2D eigenvalue weighted by Gasteiger charge is -2.18. The van der Waals surface area contributed by atoms with Crippen molar-refractivity contribution in [3.8, 4) is 23.0 Å². The van der Waals surface area contributed by atoms with Crippen molar-refractivity contribution in [3.05, 3.63) is 52.7 Å². The molecule has 0 atom stereocenters. The largest absolute Gasteiger partial charge is 0.493 e. The molecule has 0 aliphatic carbocycles. The number of nitrogens with zero attached hydrogens (tertiary/aromatic N) is 2. The summed E-state index contributed by atoms with van der Waals surface area (Å²) in [5.74, 6) is 1.68. The van der Waals surface area contributed by atoms with E-state index >= 15 is 0 Å². The molecule has 1 heterocycles. The standard InChI is InChI=1S/C24H28N4O6/c1-24(2,3)9-11-26-23(29)27-17-7-6-15(12-19(17)28(30)31)34-20-8-10-25-18-14-22(33-5)21(32-4)13-16(18)20/h6-8,10,12-14H,9,11H2,1-5H3,(H2,26,27,29). The van der Waals surface area contributed by atoms with Crippen LogP contribution in [0.25, 0.3) is 10.9 Å². The minimum absolute atomic E-state index is 0.0601. The van der Waals surface area contributed by atoms with Crippen LogP contribution in [0.4, 0.5) is 16.2 Å². The summed E-state index contributed by atoms with van der Waals surface area (Å²) in [7, 11) is 3.05. The van der Waals surface area contributed by atoms with Gasteiger partial charge in [-0.15, -0.1) is 0 Å². The molecule has 1 aromatic heterocycles. The molecule has 0 saturated carbocycles. The van der Waals surface area contributed by atoms with Gasteiger partial charge in [0.25, 0.3) is 5.69 Å². The molecule has 10 heteroatoms. The first-order valence-corrected chi connectivity index (χ1v) is 10.6. The Labute approximate surface area is 197 Å². The van der Waals surface area contributed by atoms with Crippen molar-refractivity contribution in [2.45, 2.75) is 27.2 Å². The van der Waals surface area contributed by atoms with Gasteiger partial charge in [-0.25, -0.2) is 4.79 Å². The number of pyridine rings is 1. The Kier molecular flexibility index (Phi) is 7.40. The Balaban J connectivity index is 1.84. The van der Waals surface area contributed by atoms with E-state index in [9.17, 15) is 14.9 Å². The predicted octanol–water partition coefficient (Wildman–Crippen LogP) is 5.51. The van der Waals surface area contributed by atoms with E-state index in [0.717, 1.165) is 6.42 Å². The molecule has 3 rings (SSSR count). The van der Waals surface area contributed by atoms with Crippen LogP contribution in [0.3, 0.4) is 0 Å². The number of hydrogen-bond acceptors (Lipinski definition) is 7. The Hall–Kier alpha value is -4.08. The van der Waals surface area contributed by atoms with Crippen LogP contribution in [0.15, 0.2) is 42.6 Å². The number of amides is 2. The number of benzene rings is 2. The van der Waals surface area contributed by atoms with Crippen LogP contribution in [-0.4, -0.2) is 36.7 Å². The number of aromatic nitrogens is 1. The van der Waals surface area contributed by atoms with Gasteiger partial charge < -0.3 is 24.8 Å². The molecule has 0 spiro atoms. The van der Waals surface area contributed by atoms with Gasteiger partial charge in [-0.1, -0.05) is 20.8 Å². The Morgan fingerprint density at radius 1 is 1.06 bits per heavy atom. The molecule has 0 fully saturated rings. The molecule has 0 aliphatic rings. The second-order valence-corrected chi connectivity index (χ2v) is 8.76.